The van der Waals surface area contributed by atoms with E-state index in [0.717, 1.165) is 12.0 Å². The standard InChI is InChI=1S/C21H27FN2O2S/c1-11-9-16(26-2)17(13-4-3-12(5-7-23)15(22)10-13)18-14-6-8-27-20(14)21(25)24-19(11)18/h3-4,6,8,10-11,14,16-20H,5,7,9,23H2,1-2H3,(H,24,25). The summed E-state index contributed by atoms with van der Waals surface area (Å²) in [4.78, 5) is 12.6. The molecule has 3 aliphatic rings. The van der Waals surface area contributed by atoms with Crippen LogP contribution in [0.25, 0.3) is 0 Å². The number of ether oxygens (including phenoxy) is 1. The molecule has 7 atom stereocenters. The number of amides is 1. The molecule has 7 unspecified atom stereocenters. The number of nitrogens with one attached hydrogen (secondary N) is 1. The van der Waals surface area contributed by atoms with Gasteiger partial charge < -0.3 is 15.8 Å². The van der Waals surface area contributed by atoms with Gasteiger partial charge in [0.1, 0.15) is 5.82 Å². The number of carbonyl (C=O) groups is 1. The maximum absolute atomic E-state index is 14.7. The van der Waals surface area contributed by atoms with Gasteiger partial charge in [-0.3, -0.25) is 4.79 Å². The second-order valence-corrected chi connectivity index (χ2v) is 9.03. The zero-order valence-electron chi connectivity index (χ0n) is 15.7. The van der Waals surface area contributed by atoms with Gasteiger partial charge in [-0.2, -0.15) is 0 Å². The molecule has 27 heavy (non-hydrogen) atoms. The Labute approximate surface area is 164 Å². The van der Waals surface area contributed by atoms with Gasteiger partial charge in [0, 0.05) is 25.0 Å². The lowest BCUT2D eigenvalue weighted by Crippen LogP contribution is -2.62. The van der Waals surface area contributed by atoms with Crippen LogP contribution in [-0.2, 0) is 16.0 Å². The van der Waals surface area contributed by atoms with Gasteiger partial charge in [0.15, 0.2) is 0 Å². The Bertz CT molecular complexity index is 756. The van der Waals surface area contributed by atoms with Gasteiger partial charge in [-0.15, -0.1) is 11.8 Å². The van der Waals surface area contributed by atoms with Crippen LogP contribution in [0.2, 0.25) is 0 Å². The smallest absolute Gasteiger partial charge is 0.234 e. The maximum Gasteiger partial charge on any atom is 0.234 e. The molecular formula is C21H27FN2O2S. The number of carbonyl (C=O) groups excluding carboxylic acids is 1. The van der Waals surface area contributed by atoms with Crippen molar-refractivity contribution in [3.05, 3.63) is 46.6 Å². The Morgan fingerprint density at radius 2 is 2.22 bits per heavy atom. The van der Waals surface area contributed by atoms with E-state index in [1.54, 1.807) is 24.9 Å². The van der Waals surface area contributed by atoms with Crippen molar-refractivity contribution in [3.8, 4) is 0 Å². The first-order chi connectivity index (χ1) is 13.0. The number of thioether (sulfide) groups is 1. The first-order valence-corrected chi connectivity index (χ1v) is 10.6. The molecule has 2 aliphatic heterocycles. The molecule has 2 fully saturated rings. The molecule has 1 amide bonds. The van der Waals surface area contributed by atoms with Gasteiger partial charge in [-0.1, -0.05) is 25.1 Å². The van der Waals surface area contributed by atoms with Crippen molar-refractivity contribution in [3.63, 3.8) is 0 Å². The van der Waals surface area contributed by atoms with Crippen molar-refractivity contribution in [2.45, 2.75) is 43.1 Å². The van der Waals surface area contributed by atoms with Crippen molar-refractivity contribution >= 4 is 17.7 Å². The van der Waals surface area contributed by atoms with E-state index in [1.165, 1.54) is 0 Å². The second-order valence-electron chi connectivity index (χ2n) is 7.98. The molecule has 1 aromatic carbocycles. The van der Waals surface area contributed by atoms with Crippen molar-refractivity contribution in [1.29, 1.82) is 0 Å². The molecule has 2 heterocycles. The number of benzene rings is 1. The van der Waals surface area contributed by atoms with Gasteiger partial charge >= 0.3 is 0 Å². The van der Waals surface area contributed by atoms with Crippen LogP contribution < -0.4 is 11.1 Å². The second kappa shape index (κ2) is 7.57. The van der Waals surface area contributed by atoms with E-state index in [0.29, 0.717) is 24.4 Å². The first kappa shape index (κ1) is 19.0. The lowest BCUT2D eigenvalue weighted by atomic mass is 9.60. The van der Waals surface area contributed by atoms with E-state index in [-0.39, 0.29) is 46.9 Å². The van der Waals surface area contributed by atoms with Gasteiger partial charge in [-0.25, -0.2) is 4.39 Å². The molecule has 0 spiro atoms. The topological polar surface area (TPSA) is 64.3 Å². The normalized spacial score (nSPS) is 37.6. The Morgan fingerprint density at radius 1 is 1.41 bits per heavy atom. The molecule has 1 saturated carbocycles. The molecule has 3 N–H and O–H groups in total. The summed E-state index contributed by atoms with van der Waals surface area (Å²) in [7, 11) is 1.74. The fraction of sp³-hybridized carbons (Fsp3) is 0.571. The minimum absolute atomic E-state index is 0.00987. The number of allylic oxidation sites excluding steroid dienone is 1. The van der Waals surface area contributed by atoms with Gasteiger partial charge in [0.2, 0.25) is 5.91 Å². The number of hydrogen-bond donors (Lipinski definition) is 2. The third-order valence-electron chi connectivity index (χ3n) is 6.51. The van der Waals surface area contributed by atoms with E-state index in [9.17, 15) is 9.18 Å². The predicted molar refractivity (Wildman–Crippen MR) is 106 cm³/mol. The van der Waals surface area contributed by atoms with E-state index >= 15 is 0 Å². The molecule has 1 saturated heterocycles. The quantitative estimate of drug-likeness (QED) is 0.830. The number of nitrogens with two attached hydrogens (primary N) is 1. The van der Waals surface area contributed by atoms with Crippen molar-refractivity contribution in [2.24, 2.45) is 23.5 Å². The van der Waals surface area contributed by atoms with E-state index in [4.69, 9.17) is 10.5 Å². The van der Waals surface area contributed by atoms with E-state index in [1.807, 2.05) is 17.5 Å². The number of halogens is 1. The van der Waals surface area contributed by atoms with Crippen LogP contribution in [-0.4, -0.2) is 37.0 Å². The lowest BCUT2D eigenvalue weighted by molar-refractivity contribution is -0.129. The highest BCUT2D eigenvalue weighted by molar-refractivity contribution is 8.03. The molecule has 0 aromatic heterocycles. The van der Waals surface area contributed by atoms with E-state index < -0.39 is 0 Å². The summed E-state index contributed by atoms with van der Waals surface area (Å²) in [5, 5.41) is 5.22. The minimum atomic E-state index is -0.198. The van der Waals surface area contributed by atoms with Crippen LogP contribution in [0.1, 0.15) is 30.4 Å². The minimum Gasteiger partial charge on any atom is -0.381 e. The average Bonchev–Trinajstić information content (AvgIpc) is 3.15. The molecule has 1 aliphatic carbocycles. The third-order valence-corrected chi connectivity index (χ3v) is 7.65. The molecule has 1 aromatic rings. The monoisotopic (exact) mass is 390 g/mol. The van der Waals surface area contributed by atoms with Gasteiger partial charge in [0.25, 0.3) is 0 Å². The number of hydrogen-bond acceptors (Lipinski definition) is 4. The molecule has 6 heteroatoms. The Balaban J connectivity index is 1.75. The fourth-order valence-electron chi connectivity index (χ4n) is 5.26. The summed E-state index contributed by atoms with van der Waals surface area (Å²) in [5.74, 6) is 0.659. The summed E-state index contributed by atoms with van der Waals surface area (Å²) < 4.78 is 20.6. The van der Waals surface area contributed by atoms with Crippen LogP contribution in [0, 0.1) is 23.6 Å². The average molecular weight is 391 g/mol. The summed E-state index contributed by atoms with van der Waals surface area (Å²) in [6.07, 6.45) is 3.56. The molecule has 4 rings (SSSR count). The largest absolute Gasteiger partial charge is 0.381 e. The van der Waals surface area contributed by atoms with Crippen molar-refractivity contribution < 1.29 is 13.9 Å². The van der Waals surface area contributed by atoms with Gasteiger partial charge in [-0.05, 0) is 53.8 Å². The summed E-state index contributed by atoms with van der Waals surface area (Å²) in [6.45, 7) is 2.61. The lowest BCUT2D eigenvalue weighted by Gasteiger charge is -2.52. The predicted octanol–water partition coefficient (Wildman–Crippen LogP) is 2.83. The maximum atomic E-state index is 14.7. The summed E-state index contributed by atoms with van der Waals surface area (Å²) in [6, 6.07) is 5.63. The van der Waals surface area contributed by atoms with Crippen LogP contribution in [0.4, 0.5) is 4.39 Å². The Morgan fingerprint density at radius 3 is 2.93 bits per heavy atom. The number of rotatable bonds is 4. The van der Waals surface area contributed by atoms with E-state index in [2.05, 4.69) is 18.3 Å². The number of fused-ring (bicyclic) bond motifs is 3. The van der Waals surface area contributed by atoms with Crippen LogP contribution >= 0.6 is 11.8 Å². The van der Waals surface area contributed by atoms with Gasteiger partial charge in [0.05, 0.1) is 11.4 Å². The summed E-state index contributed by atoms with van der Waals surface area (Å²) in [5.41, 5.74) is 7.21. The SMILES string of the molecule is COC1CC(C)C2NC(=O)C3SC=CC3C2C1c1ccc(CCN)c(F)c1. The molecular weight excluding hydrogens is 363 g/mol. The highest BCUT2D eigenvalue weighted by Crippen LogP contribution is 2.52. The molecule has 4 nitrogen and oxygen atoms in total. The fourth-order valence-corrected chi connectivity index (χ4v) is 6.35. The third kappa shape index (κ3) is 3.22. The molecule has 146 valence electrons. The highest BCUT2D eigenvalue weighted by atomic mass is 32.2. The zero-order valence-corrected chi connectivity index (χ0v) is 16.5. The van der Waals surface area contributed by atoms with Crippen molar-refractivity contribution in [1.82, 2.24) is 5.32 Å². The Hall–Kier alpha value is -1.37. The van der Waals surface area contributed by atoms with Crippen LogP contribution in [0.5, 0.6) is 0 Å². The zero-order chi connectivity index (χ0) is 19.1. The first-order valence-electron chi connectivity index (χ1n) is 9.68. The highest BCUT2D eigenvalue weighted by Gasteiger charge is 2.54. The number of piperidine rings is 1. The van der Waals surface area contributed by atoms with Crippen LogP contribution in [0.15, 0.2) is 29.7 Å². The van der Waals surface area contributed by atoms with Crippen molar-refractivity contribution in [2.75, 3.05) is 13.7 Å². The van der Waals surface area contributed by atoms with Crippen LogP contribution in [0.3, 0.4) is 0 Å². The number of methoxy groups -OCH3 is 1. The molecule has 0 radical (unpaired) electrons. The Kier molecular flexibility index (Phi) is 5.32. The molecule has 0 bridgehead atoms. The summed E-state index contributed by atoms with van der Waals surface area (Å²) >= 11 is 1.59.